The van der Waals surface area contributed by atoms with Gasteiger partial charge in [0.2, 0.25) is 0 Å². The number of carbonyl (C=O) groups is 1. The van der Waals surface area contributed by atoms with Crippen LogP contribution in [-0.4, -0.2) is 22.5 Å². The molecule has 0 unspecified atom stereocenters. The van der Waals surface area contributed by atoms with E-state index < -0.39 is 12.3 Å². The van der Waals surface area contributed by atoms with Crippen molar-refractivity contribution in [2.24, 2.45) is 0 Å². The molecule has 0 saturated carbocycles. The zero-order valence-corrected chi connectivity index (χ0v) is 9.38. The lowest BCUT2D eigenvalue weighted by atomic mass is 10.2. The van der Waals surface area contributed by atoms with Crippen LogP contribution in [0.5, 0.6) is 0 Å². The van der Waals surface area contributed by atoms with Crippen LogP contribution in [0.3, 0.4) is 0 Å². The second-order valence-electron chi connectivity index (χ2n) is 3.05. The number of H-pyrrole nitrogens is 1. The molecule has 0 saturated heterocycles. The van der Waals surface area contributed by atoms with Gasteiger partial charge < -0.3 is 5.32 Å². The maximum Gasteiger partial charge on any atom is 0.315 e. The molecular weight excluding hydrogens is 284 g/mol. The summed E-state index contributed by atoms with van der Waals surface area (Å²) in [7, 11) is 0. The van der Waals surface area contributed by atoms with E-state index in [4.69, 9.17) is 0 Å². The SMILES string of the molecule is O=C(Nc1n[nH]c2cc(Br)ccc12)C(F)F. The molecule has 4 nitrogen and oxygen atoms in total. The maximum absolute atomic E-state index is 12.0. The van der Waals surface area contributed by atoms with Crippen molar-refractivity contribution in [3.05, 3.63) is 22.7 Å². The van der Waals surface area contributed by atoms with Crippen molar-refractivity contribution in [2.45, 2.75) is 6.43 Å². The first-order chi connectivity index (χ1) is 7.58. The summed E-state index contributed by atoms with van der Waals surface area (Å²) >= 11 is 3.26. The van der Waals surface area contributed by atoms with Gasteiger partial charge in [0.25, 0.3) is 5.91 Å². The number of aromatic amines is 1. The van der Waals surface area contributed by atoms with Gasteiger partial charge in [-0.1, -0.05) is 15.9 Å². The van der Waals surface area contributed by atoms with Crippen LogP contribution in [0.2, 0.25) is 0 Å². The highest BCUT2D eigenvalue weighted by Crippen LogP contribution is 2.23. The molecule has 2 rings (SSSR count). The lowest BCUT2D eigenvalue weighted by Crippen LogP contribution is -2.20. The van der Waals surface area contributed by atoms with Crippen molar-refractivity contribution in [1.82, 2.24) is 10.2 Å². The highest BCUT2D eigenvalue weighted by atomic mass is 79.9. The molecule has 1 amide bonds. The number of fused-ring (bicyclic) bond motifs is 1. The van der Waals surface area contributed by atoms with Gasteiger partial charge in [-0.05, 0) is 18.2 Å². The zero-order chi connectivity index (χ0) is 11.7. The number of hydrogen-bond donors (Lipinski definition) is 2. The van der Waals surface area contributed by atoms with E-state index >= 15 is 0 Å². The first-order valence-corrected chi connectivity index (χ1v) is 5.10. The number of rotatable bonds is 2. The lowest BCUT2D eigenvalue weighted by Gasteiger charge is -2.00. The molecule has 1 aromatic heterocycles. The van der Waals surface area contributed by atoms with Crippen molar-refractivity contribution < 1.29 is 13.6 Å². The minimum atomic E-state index is -3.05. The van der Waals surface area contributed by atoms with Crippen molar-refractivity contribution >= 4 is 38.6 Å². The predicted molar refractivity (Wildman–Crippen MR) is 58.4 cm³/mol. The van der Waals surface area contributed by atoms with E-state index in [-0.39, 0.29) is 5.82 Å². The van der Waals surface area contributed by atoms with Gasteiger partial charge >= 0.3 is 6.43 Å². The Hall–Kier alpha value is -1.50. The van der Waals surface area contributed by atoms with E-state index in [1.807, 2.05) is 5.32 Å². The van der Waals surface area contributed by atoms with E-state index in [1.54, 1.807) is 18.2 Å². The molecule has 1 heterocycles. The zero-order valence-electron chi connectivity index (χ0n) is 7.80. The van der Waals surface area contributed by atoms with E-state index in [2.05, 4.69) is 26.1 Å². The average molecular weight is 290 g/mol. The molecule has 0 radical (unpaired) electrons. The van der Waals surface area contributed by atoms with Gasteiger partial charge in [-0.15, -0.1) is 0 Å². The number of carbonyl (C=O) groups excluding carboxylic acids is 1. The summed E-state index contributed by atoms with van der Waals surface area (Å²) in [6.45, 7) is 0. The molecule has 0 bridgehead atoms. The average Bonchev–Trinajstić information content (AvgIpc) is 2.60. The molecule has 0 spiro atoms. The van der Waals surface area contributed by atoms with Crippen LogP contribution in [0.1, 0.15) is 0 Å². The molecular formula is C9H6BrF2N3O. The number of benzene rings is 1. The molecule has 2 aromatic rings. The third kappa shape index (κ3) is 2.04. The summed E-state index contributed by atoms with van der Waals surface area (Å²) in [5, 5.41) is 9.00. The van der Waals surface area contributed by atoms with E-state index in [0.29, 0.717) is 10.9 Å². The maximum atomic E-state index is 12.0. The Labute approximate surface area is 97.2 Å². The number of nitrogens with zero attached hydrogens (tertiary/aromatic N) is 1. The molecule has 84 valence electrons. The Morgan fingerprint density at radius 1 is 1.50 bits per heavy atom. The molecule has 0 atom stereocenters. The fourth-order valence-corrected chi connectivity index (χ4v) is 1.62. The summed E-state index contributed by atoms with van der Waals surface area (Å²) in [6, 6.07) is 5.14. The van der Waals surface area contributed by atoms with Gasteiger partial charge in [0, 0.05) is 9.86 Å². The topological polar surface area (TPSA) is 57.8 Å². The Balaban J connectivity index is 2.35. The van der Waals surface area contributed by atoms with Gasteiger partial charge in [-0.2, -0.15) is 13.9 Å². The molecule has 0 aliphatic carbocycles. The van der Waals surface area contributed by atoms with Crippen molar-refractivity contribution in [2.75, 3.05) is 5.32 Å². The first kappa shape index (κ1) is 11.0. The van der Waals surface area contributed by atoms with Crippen LogP contribution in [-0.2, 0) is 4.79 Å². The van der Waals surface area contributed by atoms with Crippen LogP contribution >= 0.6 is 15.9 Å². The largest absolute Gasteiger partial charge is 0.315 e. The Morgan fingerprint density at radius 3 is 2.94 bits per heavy atom. The smallest absolute Gasteiger partial charge is 0.304 e. The lowest BCUT2D eigenvalue weighted by molar-refractivity contribution is -0.126. The molecule has 0 aliphatic heterocycles. The second kappa shape index (κ2) is 4.17. The Bertz CT molecular complexity index is 541. The molecule has 16 heavy (non-hydrogen) atoms. The summed E-state index contributed by atoms with van der Waals surface area (Å²) in [4.78, 5) is 10.8. The highest BCUT2D eigenvalue weighted by molar-refractivity contribution is 9.10. The Morgan fingerprint density at radius 2 is 2.25 bits per heavy atom. The molecule has 2 N–H and O–H groups in total. The second-order valence-corrected chi connectivity index (χ2v) is 3.97. The van der Waals surface area contributed by atoms with E-state index in [9.17, 15) is 13.6 Å². The fourth-order valence-electron chi connectivity index (χ4n) is 1.26. The number of alkyl halides is 2. The number of aromatic nitrogens is 2. The van der Waals surface area contributed by atoms with Gasteiger partial charge in [-0.3, -0.25) is 9.89 Å². The normalized spacial score (nSPS) is 11.0. The van der Waals surface area contributed by atoms with Crippen LogP contribution in [0, 0.1) is 0 Å². The molecule has 0 fully saturated rings. The fraction of sp³-hybridized carbons (Fsp3) is 0.111. The van der Waals surface area contributed by atoms with Gasteiger partial charge in [0.15, 0.2) is 5.82 Å². The first-order valence-electron chi connectivity index (χ1n) is 4.30. The quantitative estimate of drug-likeness (QED) is 0.893. The van der Waals surface area contributed by atoms with Gasteiger partial charge in [0.1, 0.15) is 0 Å². The summed E-state index contributed by atoms with van der Waals surface area (Å²) in [5.41, 5.74) is 0.652. The number of hydrogen-bond acceptors (Lipinski definition) is 2. The van der Waals surface area contributed by atoms with Crippen LogP contribution < -0.4 is 5.32 Å². The number of halogens is 3. The third-order valence-corrected chi connectivity index (χ3v) is 2.46. The van der Waals surface area contributed by atoms with Crippen LogP contribution in [0.15, 0.2) is 22.7 Å². The minimum Gasteiger partial charge on any atom is -0.304 e. The van der Waals surface area contributed by atoms with Crippen LogP contribution in [0.4, 0.5) is 14.6 Å². The number of anilines is 1. The highest BCUT2D eigenvalue weighted by Gasteiger charge is 2.17. The predicted octanol–water partition coefficient (Wildman–Crippen LogP) is 2.53. The summed E-state index contributed by atoms with van der Waals surface area (Å²) in [5.74, 6) is -1.26. The van der Waals surface area contributed by atoms with E-state index in [0.717, 1.165) is 4.47 Å². The summed E-state index contributed by atoms with van der Waals surface area (Å²) < 4.78 is 24.9. The minimum absolute atomic E-state index is 0.104. The van der Waals surface area contributed by atoms with Crippen molar-refractivity contribution in [1.29, 1.82) is 0 Å². The van der Waals surface area contributed by atoms with E-state index in [1.165, 1.54) is 0 Å². The standard InChI is InChI=1S/C9H6BrF2N3O/c10-4-1-2-5-6(3-4)14-15-8(5)13-9(16)7(11)12/h1-3,7H,(H2,13,14,15,16). The third-order valence-electron chi connectivity index (χ3n) is 1.96. The van der Waals surface area contributed by atoms with Crippen molar-refractivity contribution in [3.8, 4) is 0 Å². The molecule has 7 heteroatoms. The Kier molecular flexibility index (Phi) is 2.86. The van der Waals surface area contributed by atoms with Crippen molar-refractivity contribution in [3.63, 3.8) is 0 Å². The number of amides is 1. The molecule has 0 aliphatic rings. The monoisotopic (exact) mass is 289 g/mol. The number of nitrogens with one attached hydrogen (secondary N) is 2. The van der Waals surface area contributed by atoms with Gasteiger partial charge in [0.05, 0.1) is 5.52 Å². The summed E-state index contributed by atoms with van der Waals surface area (Å²) in [6.07, 6.45) is -3.05. The van der Waals surface area contributed by atoms with Gasteiger partial charge in [-0.25, -0.2) is 0 Å². The van der Waals surface area contributed by atoms with Crippen LogP contribution in [0.25, 0.3) is 10.9 Å². The molecule has 1 aromatic carbocycles.